The first-order valence-corrected chi connectivity index (χ1v) is 10.2. The molecule has 1 aromatic carbocycles. The number of rotatable bonds is 4. The minimum Gasteiger partial charge on any atom is -0.497 e. The number of benzene rings is 1. The van der Waals surface area contributed by atoms with Crippen molar-refractivity contribution in [3.05, 3.63) is 41.7 Å². The topological polar surface area (TPSA) is 78.9 Å². The second-order valence-electron chi connectivity index (χ2n) is 7.87. The third-order valence-electron chi connectivity index (χ3n) is 5.70. The second-order valence-corrected chi connectivity index (χ2v) is 7.87. The number of ether oxygens (including phenoxy) is 1. The summed E-state index contributed by atoms with van der Waals surface area (Å²) in [6.45, 7) is 6.96. The minimum atomic E-state index is -0.302. The lowest BCUT2D eigenvalue weighted by molar-refractivity contribution is -0.136. The number of anilines is 2. The number of amides is 2. The first-order chi connectivity index (χ1) is 14.4. The van der Waals surface area contributed by atoms with E-state index in [1.54, 1.807) is 12.0 Å². The van der Waals surface area contributed by atoms with E-state index in [-0.39, 0.29) is 24.2 Å². The SMILES string of the molecule is COc1ccc(N2CC(C(=O)N3CCN(c4nc(C)cc(C)n4)CC3)CC2=O)cc1. The van der Waals surface area contributed by atoms with Gasteiger partial charge in [-0.1, -0.05) is 0 Å². The highest BCUT2D eigenvalue weighted by Gasteiger charge is 2.38. The van der Waals surface area contributed by atoms with Crippen LogP contribution in [0.15, 0.2) is 30.3 Å². The molecule has 8 heteroatoms. The maximum absolute atomic E-state index is 13.1. The number of hydrogen-bond acceptors (Lipinski definition) is 6. The van der Waals surface area contributed by atoms with Gasteiger partial charge in [0.25, 0.3) is 0 Å². The van der Waals surface area contributed by atoms with E-state index in [1.165, 1.54) is 0 Å². The van der Waals surface area contributed by atoms with E-state index in [0.29, 0.717) is 32.7 Å². The molecule has 2 amide bonds. The lowest BCUT2D eigenvalue weighted by atomic mass is 10.1. The Balaban J connectivity index is 1.36. The van der Waals surface area contributed by atoms with Gasteiger partial charge >= 0.3 is 0 Å². The van der Waals surface area contributed by atoms with Crippen molar-refractivity contribution in [3.8, 4) is 5.75 Å². The fraction of sp³-hybridized carbons (Fsp3) is 0.455. The Morgan fingerprint density at radius 1 is 1.03 bits per heavy atom. The predicted octanol–water partition coefficient (Wildman–Crippen LogP) is 1.80. The van der Waals surface area contributed by atoms with E-state index in [0.717, 1.165) is 28.8 Å². The molecule has 2 aliphatic heterocycles. The third kappa shape index (κ3) is 4.08. The molecule has 2 aromatic rings. The largest absolute Gasteiger partial charge is 0.497 e. The van der Waals surface area contributed by atoms with Crippen LogP contribution in [-0.2, 0) is 9.59 Å². The van der Waals surface area contributed by atoms with Crippen LogP contribution in [0.4, 0.5) is 11.6 Å². The van der Waals surface area contributed by atoms with E-state index in [9.17, 15) is 9.59 Å². The quantitative estimate of drug-likeness (QED) is 0.766. The standard InChI is InChI=1S/C22H27N5O3/c1-15-12-16(2)24-22(23-15)26-10-8-25(9-11-26)21(29)17-13-20(28)27(14-17)18-4-6-19(30-3)7-5-18/h4-7,12,17H,8-11,13-14H2,1-3H3. The zero-order chi connectivity index (χ0) is 21.3. The van der Waals surface area contributed by atoms with Crippen LogP contribution >= 0.6 is 0 Å². The van der Waals surface area contributed by atoms with Crippen molar-refractivity contribution in [1.82, 2.24) is 14.9 Å². The predicted molar refractivity (Wildman–Crippen MR) is 114 cm³/mol. The molecular formula is C22H27N5O3. The molecule has 2 saturated heterocycles. The van der Waals surface area contributed by atoms with E-state index in [1.807, 2.05) is 49.1 Å². The van der Waals surface area contributed by atoms with Crippen LogP contribution in [0, 0.1) is 19.8 Å². The molecule has 0 spiro atoms. The number of carbonyl (C=O) groups is 2. The van der Waals surface area contributed by atoms with Crippen molar-refractivity contribution >= 4 is 23.5 Å². The Hall–Kier alpha value is -3.16. The summed E-state index contributed by atoms with van der Waals surface area (Å²) >= 11 is 0. The van der Waals surface area contributed by atoms with Gasteiger partial charge in [-0.15, -0.1) is 0 Å². The molecule has 4 rings (SSSR count). The highest BCUT2D eigenvalue weighted by Crippen LogP contribution is 2.28. The summed E-state index contributed by atoms with van der Waals surface area (Å²) in [5.41, 5.74) is 2.69. The molecule has 2 fully saturated rings. The van der Waals surface area contributed by atoms with Crippen LogP contribution in [0.1, 0.15) is 17.8 Å². The number of hydrogen-bond donors (Lipinski definition) is 0. The average Bonchev–Trinajstić information content (AvgIpc) is 3.14. The molecule has 0 saturated carbocycles. The number of nitrogens with zero attached hydrogens (tertiary/aromatic N) is 5. The summed E-state index contributed by atoms with van der Waals surface area (Å²) in [5, 5.41) is 0. The molecule has 0 aliphatic carbocycles. The van der Waals surface area contributed by atoms with Gasteiger partial charge in [0.2, 0.25) is 17.8 Å². The van der Waals surface area contributed by atoms with Crippen LogP contribution in [0.5, 0.6) is 5.75 Å². The van der Waals surface area contributed by atoms with Crippen molar-refractivity contribution in [1.29, 1.82) is 0 Å². The third-order valence-corrected chi connectivity index (χ3v) is 5.70. The second kappa shape index (κ2) is 8.30. The fourth-order valence-corrected chi connectivity index (χ4v) is 4.12. The van der Waals surface area contributed by atoms with Crippen molar-refractivity contribution in [2.24, 2.45) is 5.92 Å². The Kier molecular flexibility index (Phi) is 5.57. The molecule has 8 nitrogen and oxygen atoms in total. The minimum absolute atomic E-state index is 0.0132. The Labute approximate surface area is 176 Å². The van der Waals surface area contributed by atoms with Gasteiger partial charge in [0, 0.05) is 56.2 Å². The zero-order valence-electron chi connectivity index (χ0n) is 17.7. The van der Waals surface area contributed by atoms with Crippen molar-refractivity contribution in [2.45, 2.75) is 20.3 Å². The Morgan fingerprint density at radius 3 is 2.27 bits per heavy atom. The summed E-state index contributed by atoms with van der Waals surface area (Å²) in [6.07, 6.45) is 0.255. The highest BCUT2D eigenvalue weighted by molar-refractivity contribution is 6.00. The van der Waals surface area contributed by atoms with Gasteiger partial charge < -0.3 is 19.4 Å². The Morgan fingerprint density at radius 2 is 1.67 bits per heavy atom. The normalized spacial score (nSPS) is 19.4. The van der Waals surface area contributed by atoms with Crippen molar-refractivity contribution < 1.29 is 14.3 Å². The number of aryl methyl sites for hydroxylation is 2. The van der Waals surface area contributed by atoms with Gasteiger partial charge in [-0.2, -0.15) is 0 Å². The molecule has 1 unspecified atom stereocenters. The highest BCUT2D eigenvalue weighted by atomic mass is 16.5. The molecule has 2 aliphatic rings. The van der Waals surface area contributed by atoms with Crippen LogP contribution in [0.3, 0.4) is 0 Å². The summed E-state index contributed by atoms with van der Waals surface area (Å²) in [7, 11) is 1.61. The number of carbonyl (C=O) groups excluding carboxylic acids is 2. The smallest absolute Gasteiger partial charge is 0.228 e. The Bertz CT molecular complexity index is 918. The first-order valence-electron chi connectivity index (χ1n) is 10.2. The van der Waals surface area contributed by atoms with Gasteiger partial charge in [0.1, 0.15) is 5.75 Å². The molecular weight excluding hydrogens is 382 g/mol. The van der Waals surface area contributed by atoms with E-state index < -0.39 is 0 Å². The van der Waals surface area contributed by atoms with Crippen LogP contribution in [0.25, 0.3) is 0 Å². The summed E-state index contributed by atoms with van der Waals surface area (Å²) in [5.74, 6) is 1.20. The molecule has 1 aromatic heterocycles. The molecule has 30 heavy (non-hydrogen) atoms. The molecule has 1 atom stereocenters. The van der Waals surface area contributed by atoms with Gasteiger partial charge in [-0.05, 0) is 44.2 Å². The number of methoxy groups -OCH3 is 1. The van der Waals surface area contributed by atoms with Crippen molar-refractivity contribution in [3.63, 3.8) is 0 Å². The van der Waals surface area contributed by atoms with Gasteiger partial charge in [-0.25, -0.2) is 9.97 Å². The number of piperazine rings is 1. The monoisotopic (exact) mass is 409 g/mol. The fourth-order valence-electron chi connectivity index (χ4n) is 4.12. The van der Waals surface area contributed by atoms with E-state index in [2.05, 4.69) is 14.9 Å². The summed E-state index contributed by atoms with van der Waals surface area (Å²) in [6, 6.07) is 9.31. The van der Waals surface area contributed by atoms with E-state index >= 15 is 0 Å². The summed E-state index contributed by atoms with van der Waals surface area (Å²) in [4.78, 5) is 40.3. The van der Waals surface area contributed by atoms with Crippen LogP contribution in [0.2, 0.25) is 0 Å². The molecule has 0 radical (unpaired) electrons. The lowest BCUT2D eigenvalue weighted by Crippen LogP contribution is -2.51. The first kappa shape index (κ1) is 20.1. The van der Waals surface area contributed by atoms with Crippen LogP contribution < -0.4 is 14.5 Å². The maximum atomic E-state index is 13.1. The molecule has 0 bridgehead atoms. The maximum Gasteiger partial charge on any atom is 0.228 e. The summed E-state index contributed by atoms with van der Waals surface area (Å²) < 4.78 is 5.17. The average molecular weight is 409 g/mol. The zero-order valence-corrected chi connectivity index (χ0v) is 17.7. The molecule has 3 heterocycles. The molecule has 0 N–H and O–H groups in total. The van der Waals surface area contributed by atoms with E-state index in [4.69, 9.17) is 4.74 Å². The van der Waals surface area contributed by atoms with Gasteiger partial charge in [0.05, 0.1) is 13.0 Å². The van der Waals surface area contributed by atoms with Crippen LogP contribution in [-0.4, -0.2) is 66.5 Å². The van der Waals surface area contributed by atoms with Gasteiger partial charge in [-0.3, -0.25) is 9.59 Å². The van der Waals surface area contributed by atoms with Gasteiger partial charge in [0.15, 0.2) is 0 Å². The number of aromatic nitrogens is 2. The molecule has 158 valence electrons. The lowest BCUT2D eigenvalue weighted by Gasteiger charge is -2.36. The van der Waals surface area contributed by atoms with Crippen molar-refractivity contribution in [2.75, 3.05) is 49.6 Å².